The van der Waals surface area contributed by atoms with E-state index in [1.54, 1.807) is 0 Å². The molecule has 0 bridgehead atoms. The maximum absolute atomic E-state index is 6.26. The molecule has 0 saturated carbocycles. The molecule has 0 atom stereocenters. The van der Waals surface area contributed by atoms with Crippen LogP contribution in [0, 0.1) is 0 Å². The van der Waals surface area contributed by atoms with Gasteiger partial charge in [0.1, 0.15) is 0 Å². The van der Waals surface area contributed by atoms with E-state index < -0.39 is 13.6 Å². The van der Waals surface area contributed by atoms with E-state index in [0.29, 0.717) is 0 Å². The molecule has 0 radical (unpaired) electrons. The summed E-state index contributed by atoms with van der Waals surface area (Å²) in [5, 5.41) is 3.62. The Morgan fingerprint density at radius 2 is 1.56 bits per heavy atom. The molecular weight excluding hydrogens is 257 g/mol. The van der Waals surface area contributed by atoms with E-state index in [1.165, 1.54) is 15.8 Å². The molecule has 0 aliphatic carbocycles. The van der Waals surface area contributed by atoms with E-state index >= 15 is 0 Å². The molecule has 0 aliphatic rings. The predicted molar refractivity (Wildman–Crippen MR) is 73.8 cm³/mol. The van der Waals surface area contributed by atoms with Gasteiger partial charge in [0.15, 0.2) is 0 Å². The van der Waals surface area contributed by atoms with Crippen molar-refractivity contribution in [1.82, 2.24) is 0 Å². The van der Waals surface area contributed by atoms with Crippen LogP contribution in [0.4, 0.5) is 0 Å². The number of benzene rings is 1. The third kappa shape index (κ3) is 3.14. The van der Waals surface area contributed by atoms with Crippen molar-refractivity contribution < 1.29 is 3.76 Å². The van der Waals surface area contributed by atoms with E-state index in [1.807, 2.05) is 18.2 Å². The zero-order chi connectivity index (χ0) is 12.0. The Bertz CT molecular complexity index is 320. The SMILES string of the molecule is C=C([O][Ge]([CH2]C)([CH2]C)[CH2]C)c1ccccc1. The molecule has 2 heteroatoms. The normalized spacial score (nSPS) is 11.2. The van der Waals surface area contributed by atoms with Gasteiger partial charge in [-0.2, -0.15) is 0 Å². The van der Waals surface area contributed by atoms with Gasteiger partial charge in [0.25, 0.3) is 0 Å². The zero-order valence-corrected chi connectivity index (χ0v) is 12.7. The predicted octanol–water partition coefficient (Wildman–Crippen LogP) is 4.68. The minimum absolute atomic E-state index is 0.867. The summed E-state index contributed by atoms with van der Waals surface area (Å²) in [6.45, 7) is 10.8. The number of hydrogen-bond donors (Lipinski definition) is 0. The minimum atomic E-state index is -2.09. The average Bonchev–Trinajstić information content (AvgIpc) is 2.37. The molecular formula is C14H22GeO. The van der Waals surface area contributed by atoms with Crippen molar-refractivity contribution in [2.24, 2.45) is 0 Å². The van der Waals surface area contributed by atoms with Crippen LogP contribution in [0.3, 0.4) is 0 Å². The van der Waals surface area contributed by atoms with E-state index in [-0.39, 0.29) is 0 Å². The van der Waals surface area contributed by atoms with Gasteiger partial charge in [-0.15, -0.1) is 0 Å². The summed E-state index contributed by atoms with van der Waals surface area (Å²) in [6.07, 6.45) is 0. The Balaban J connectivity index is 2.77. The first-order valence-electron chi connectivity index (χ1n) is 6.10. The van der Waals surface area contributed by atoms with E-state index in [0.717, 1.165) is 11.3 Å². The van der Waals surface area contributed by atoms with Crippen molar-refractivity contribution in [1.29, 1.82) is 0 Å². The van der Waals surface area contributed by atoms with Crippen LogP contribution in [-0.4, -0.2) is 13.6 Å². The standard InChI is InChI=1S/C14H22GeO/c1-5-15(6-2,7-3)16-13(4)14-11-9-8-10-12-14/h8-12H,4-7H2,1-3H3. The first-order valence-corrected chi connectivity index (χ1v) is 11.4. The molecule has 1 aromatic carbocycles. The summed E-state index contributed by atoms with van der Waals surface area (Å²) in [7, 11) is 0. The molecule has 0 N–H and O–H groups in total. The van der Waals surface area contributed by atoms with E-state index in [4.69, 9.17) is 3.76 Å². The van der Waals surface area contributed by atoms with Gasteiger partial charge < -0.3 is 0 Å². The molecule has 0 amide bonds. The molecule has 16 heavy (non-hydrogen) atoms. The van der Waals surface area contributed by atoms with Gasteiger partial charge >= 0.3 is 102 Å². The molecule has 0 heterocycles. The van der Waals surface area contributed by atoms with Gasteiger partial charge in [-0.05, 0) is 0 Å². The van der Waals surface area contributed by atoms with E-state index in [2.05, 4.69) is 39.5 Å². The second kappa shape index (κ2) is 6.14. The number of hydrogen-bond acceptors (Lipinski definition) is 1. The molecule has 0 aromatic heterocycles. The van der Waals surface area contributed by atoms with Crippen LogP contribution in [0.1, 0.15) is 26.3 Å². The van der Waals surface area contributed by atoms with Gasteiger partial charge in [0.2, 0.25) is 0 Å². The quantitative estimate of drug-likeness (QED) is 0.542. The van der Waals surface area contributed by atoms with Crippen molar-refractivity contribution in [2.45, 2.75) is 36.5 Å². The summed E-state index contributed by atoms with van der Waals surface area (Å²) >= 11 is -2.09. The van der Waals surface area contributed by atoms with Gasteiger partial charge in [0, 0.05) is 0 Å². The van der Waals surface area contributed by atoms with Crippen LogP contribution in [0.2, 0.25) is 15.8 Å². The zero-order valence-electron chi connectivity index (χ0n) is 10.6. The van der Waals surface area contributed by atoms with Crippen LogP contribution in [0.15, 0.2) is 36.9 Å². The van der Waals surface area contributed by atoms with E-state index in [9.17, 15) is 0 Å². The van der Waals surface area contributed by atoms with Crippen LogP contribution in [0.5, 0.6) is 0 Å². The molecule has 0 spiro atoms. The summed E-state index contributed by atoms with van der Waals surface area (Å²) in [4.78, 5) is 0. The van der Waals surface area contributed by atoms with Crippen molar-refractivity contribution in [3.05, 3.63) is 42.5 Å². The molecule has 0 fully saturated rings. The van der Waals surface area contributed by atoms with Crippen molar-refractivity contribution in [3.63, 3.8) is 0 Å². The molecule has 0 unspecified atom stereocenters. The van der Waals surface area contributed by atoms with Gasteiger partial charge in [-0.3, -0.25) is 0 Å². The monoisotopic (exact) mass is 280 g/mol. The topological polar surface area (TPSA) is 9.23 Å². The second-order valence-electron chi connectivity index (χ2n) is 4.13. The van der Waals surface area contributed by atoms with Gasteiger partial charge in [-0.25, -0.2) is 0 Å². The first-order chi connectivity index (χ1) is 7.67. The third-order valence-electron chi connectivity index (χ3n) is 3.37. The summed E-state index contributed by atoms with van der Waals surface area (Å²) < 4.78 is 6.26. The van der Waals surface area contributed by atoms with Crippen molar-refractivity contribution in [2.75, 3.05) is 0 Å². The molecule has 0 saturated heterocycles. The molecule has 0 aliphatic heterocycles. The molecule has 1 aromatic rings. The van der Waals surface area contributed by atoms with Crippen LogP contribution in [-0.2, 0) is 3.76 Å². The maximum atomic E-state index is 6.26. The fraction of sp³-hybridized carbons (Fsp3) is 0.429. The molecule has 88 valence electrons. The van der Waals surface area contributed by atoms with Crippen LogP contribution >= 0.6 is 0 Å². The molecule has 1 nitrogen and oxygen atoms in total. The Morgan fingerprint density at radius 3 is 2.00 bits per heavy atom. The Kier molecular flexibility index (Phi) is 5.13. The van der Waals surface area contributed by atoms with Gasteiger partial charge in [0.05, 0.1) is 0 Å². The fourth-order valence-corrected chi connectivity index (χ4v) is 7.31. The van der Waals surface area contributed by atoms with Crippen molar-refractivity contribution >= 4 is 19.4 Å². The summed E-state index contributed by atoms with van der Waals surface area (Å²) in [5.41, 5.74) is 1.12. The summed E-state index contributed by atoms with van der Waals surface area (Å²) in [5.74, 6) is 0.867. The second-order valence-corrected chi connectivity index (χ2v) is 14.0. The van der Waals surface area contributed by atoms with Crippen LogP contribution in [0.25, 0.3) is 5.76 Å². The fourth-order valence-electron chi connectivity index (χ4n) is 1.91. The Labute approximate surface area is 102 Å². The first kappa shape index (κ1) is 13.4. The van der Waals surface area contributed by atoms with Gasteiger partial charge in [-0.1, -0.05) is 0 Å². The van der Waals surface area contributed by atoms with Crippen LogP contribution < -0.4 is 0 Å². The molecule has 1 rings (SSSR count). The Morgan fingerprint density at radius 1 is 1.06 bits per heavy atom. The summed E-state index contributed by atoms with van der Waals surface area (Å²) in [6, 6.07) is 10.2. The average molecular weight is 279 g/mol. The number of rotatable bonds is 6. The van der Waals surface area contributed by atoms with Crippen molar-refractivity contribution in [3.8, 4) is 0 Å². The Hall–Kier alpha value is -0.697. The third-order valence-corrected chi connectivity index (χ3v) is 12.9.